The maximum absolute atomic E-state index is 12.9. The van der Waals surface area contributed by atoms with Crippen molar-refractivity contribution in [1.82, 2.24) is 10.2 Å². The molecular weight excluding hydrogens is 388 g/mol. The van der Waals surface area contributed by atoms with E-state index in [1.54, 1.807) is 19.1 Å². The monoisotopic (exact) mass is 420 g/mol. The number of ether oxygens (including phenoxy) is 3. The number of hydrogen-bond donors (Lipinski definition) is 1. The van der Waals surface area contributed by atoms with Crippen LogP contribution in [0, 0.1) is 5.92 Å². The van der Waals surface area contributed by atoms with E-state index in [9.17, 15) is 14.4 Å². The largest absolute Gasteiger partial charge is 0.497 e. The summed E-state index contributed by atoms with van der Waals surface area (Å²) in [6.45, 7) is 3.02. The summed E-state index contributed by atoms with van der Waals surface area (Å²) in [6, 6.07) is 6.96. The Kier molecular flexibility index (Phi) is 9.60. The lowest BCUT2D eigenvalue weighted by Gasteiger charge is -2.40. The van der Waals surface area contributed by atoms with E-state index in [4.69, 9.17) is 14.2 Å². The highest BCUT2D eigenvalue weighted by Crippen LogP contribution is 2.38. The zero-order valence-electron chi connectivity index (χ0n) is 18.0. The van der Waals surface area contributed by atoms with Crippen LogP contribution in [0.5, 0.6) is 5.75 Å². The number of likely N-dealkylation sites (tertiary alicyclic amines) is 1. The van der Waals surface area contributed by atoms with Crippen LogP contribution in [0.3, 0.4) is 0 Å². The van der Waals surface area contributed by atoms with Gasteiger partial charge in [0.05, 0.1) is 25.7 Å². The van der Waals surface area contributed by atoms with E-state index in [2.05, 4.69) is 12.2 Å². The van der Waals surface area contributed by atoms with Gasteiger partial charge >= 0.3 is 5.97 Å². The highest BCUT2D eigenvalue weighted by Gasteiger charge is 2.41. The van der Waals surface area contributed by atoms with Gasteiger partial charge in [0, 0.05) is 26.6 Å². The van der Waals surface area contributed by atoms with Crippen molar-refractivity contribution in [2.75, 3.05) is 40.5 Å². The van der Waals surface area contributed by atoms with Crippen molar-refractivity contribution in [1.29, 1.82) is 0 Å². The number of nitrogens with zero attached hydrogens (tertiary/aromatic N) is 1. The summed E-state index contributed by atoms with van der Waals surface area (Å²) in [5, 5.41) is 2.62. The highest BCUT2D eigenvalue weighted by molar-refractivity contribution is 5.84. The molecule has 1 N–H and O–H groups in total. The van der Waals surface area contributed by atoms with Crippen LogP contribution < -0.4 is 10.1 Å². The van der Waals surface area contributed by atoms with Crippen molar-refractivity contribution in [3.05, 3.63) is 29.8 Å². The Morgan fingerprint density at radius 2 is 1.93 bits per heavy atom. The molecule has 8 heteroatoms. The normalized spacial score (nSPS) is 18.8. The molecule has 2 atom stereocenters. The average molecular weight is 421 g/mol. The number of piperidine rings is 1. The molecule has 1 aliphatic rings. The zero-order chi connectivity index (χ0) is 21.9. The highest BCUT2D eigenvalue weighted by atomic mass is 16.5. The molecule has 1 aliphatic heterocycles. The number of carbonyl (C=O) groups excluding carboxylic acids is 3. The van der Waals surface area contributed by atoms with Gasteiger partial charge in [0.15, 0.2) is 6.61 Å². The Morgan fingerprint density at radius 3 is 2.57 bits per heavy atom. The molecule has 2 rings (SSSR count). The second kappa shape index (κ2) is 12.2. The van der Waals surface area contributed by atoms with Crippen LogP contribution >= 0.6 is 0 Å². The third kappa shape index (κ3) is 6.45. The van der Waals surface area contributed by atoms with Crippen LogP contribution in [0.2, 0.25) is 0 Å². The summed E-state index contributed by atoms with van der Waals surface area (Å²) in [5.74, 6) is -0.638. The first-order chi connectivity index (χ1) is 14.5. The van der Waals surface area contributed by atoms with E-state index in [1.165, 1.54) is 0 Å². The number of esters is 1. The standard InChI is InChI=1S/C22H32N2O6/c1-4-5-13-24-20(26)11-10-18(21(24)16-6-8-17(29-3)9-7-16)22(27)30-15-19(25)23-12-14-28-2/h6-9,18,21H,4-5,10-15H2,1-3H3,(H,23,25)/t18-,21-/m1/s1. The summed E-state index contributed by atoms with van der Waals surface area (Å²) < 4.78 is 15.4. The van der Waals surface area contributed by atoms with Gasteiger partial charge < -0.3 is 24.4 Å². The van der Waals surface area contributed by atoms with Crippen LogP contribution in [0.15, 0.2) is 24.3 Å². The predicted molar refractivity (Wildman–Crippen MR) is 111 cm³/mol. The van der Waals surface area contributed by atoms with Crippen LogP contribution in [-0.4, -0.2) is 63.2 Å². The summed E-state index contributed by atoms with van der Waals surface area (Å²) in [6.07, 6.45) is 2.47. The molecular formula is C22H32N2O6. The second-order valence-corrected chi connectivity index (χ2v) is 7.25. The van der Waals surface area contributed by atoms with Gasteiger partial charge in [0.1, 0.15) is 5.75 Å². The number of rotatable bonds is 11. The lowest BCUT2D eigenvalue weighted by molar-refractivity contribution is -0.159. The third-order valence-electron chi connectivity index (χ3n) is 5.19. The van der Waals surface area contributed by atoms with E-state index >= 15 is 0 Å². The minimum absolute atomic E-state index is 0.0330. The maximum Gasteiger partial charge on any atom is 0.311 e. The molecule has 1 fully saturated rings. The van der Waals surface area contributed by atoms with Crippen LogP contribution in [0.4, 0.5) is 0 Å². The molecule has 0 radical (unpaired) electrons. The fourth-order valence-corrected chi connectivity index (χ4v) is 3.59. The van der Waals surface area contributed by atoms with Crippen LogP contribution in [0.1, 0.15) is 44.2 Å². The van der Waals surface area contributed by atoms with Gasteiger partial charge in [-0.2, -0.15) is 0 Å². The van der Waals surface area contributed by atoms with Gasteiger partial charge in [0.25, 0.3) is 5.91 Å². The van der Waals surface area contributed by atoms with Gasteiger partial charge in [-0.3, -0.25) is 14.4 Å². The molecule has 0 bridgehead atoms. The molecule has 0 aromatic heterocycles. The Balaban J connectivity index is 2.15. The van der Waals surface area contributed by atoms with Crippen LogP contribution in [0.25, 0.3) is 0 Å². The summed E-state index contributed by atoms with van der Waals surface area (Å²) >= 11 is 0. The molecule has 1 saturated heterocycles. The van der Waals surface area contributed by atoms with Crippen molar-refractivity contribution in [3.63, 3.8) is 0 Å². The first-order valence-corrected chi connectivity index (χ1v) is 10.4. The number of hydrogen-bond acceptors (Lipinski definition) is 6. The Morgan fingerprint density at radius 1 is 1.20 bits per heavy atom. The van der Waals surface area contributed by atoms with E-state index < -0.39 is 17.9 Å². The molecule has 166 valence electrons. The summed E-state index contributed by atoms with van der Waals surface area (Å²) in [7, 11) is 3.13. The van der Waals surface area contributed by atoms with Crippen LogP contribution in [-0.2, 0) is 23.9 Å². The van der Waals surface area contributed by atoms with Crippen molar-refractivity contribution < 1.29 is 28.6 Å². The molecule has 0 unspecified atom stereocenters. The molecule has 1 aromatic rings. The number of nitrogens with one attached hydrogen (secondary N) is 1. The molecule has 2 amide bonds. The zero-order valence-corrected chi connectivity index (χ0v) is 18.0. The van der Waals surface area contributed by atoms with Crippen molar-refractivity contribution in [2.45, 2.75) is 38.6 Å². The predicted octanol–water partition coefficient (Wildman–Crippen LogP) is 2.08. The SMILES string of the molecule is CCCCN1C(=O)CC[C@@H](C(=O)OCC(=O)NCCOC)[C@H]1c1ccc(OC)cc1. The summed E-state index contributed by atoms with van der Waals surface area (Å²) in [5.41, 5.74) is 0.853. The Labute approximate surface area is 177 Å². The number of unbranched alkanes of at least 4 members (excludes halogenated alkanes) is 1. The fourth-order valence-electron chi connectivity index (χ4n) is 3.59. The first kappa shape index (κ1) is 23.7. The third-order valence-corrected chi connectivity index (χ3v) is 5.19. The van der Waals surface area contributed by atoms with Crippen molar-refractivity contribution in [3.8, 4) is 5.75 Å². The fraction of sp³-hybridized carbons (Fsp3) is 0.591. The molecule has 1 heterocycles. The van der Waals surface area contributed by atoms with Gasteiger partial charge in [-0.25, -0.2) is 0 Å². The molecule has 8 nitrogen and oxygen atoms in total. The molecule has 1 aromatic carbocycles. The second-order valence-electron chi connectivity index (χ2n) is 7.25. The van der Waals surface area contributed by atoms with Gasteiger partial charge in [-0.05, 0) is 30.5 Å². The Bertz CT molecular complexity index is 706. The van der Waals surface area contributed by atoms with E-state index in [-0.39, 0.29) is 24.8 Å². The van der Waals surface area contributed by atoms with Gasteiger partial charge in [0.2, 0.25) is 5.91 Å². The first-order valence-electron chi connectivity index (χ1n) is 10.4. The number of carbonyl (C=O) groups is 3. The van der Waals surface area contributed by atoms with Crippen molar-refractivity contribution >= 4 is 17.8 Å². The maximum atomic E-state index is 12.9. The molecule has 0 spiro atoms. The number of benzene rings is 1. The number of methoxy groups -OCH3 is 2. The van der Waals surface area contributed by atoms with Gasteiger partial charge in [-0.15, -0.1) is 0 Å². The number of amides is 2. The van der Waals surface area contributed by atoms with E-state index in [1.807, 2.05) is 24.3 Å². The lowest BCUT2D eigenvalue weighted by Crippen LogP contribution is -2.46. The average Bonchev–Trinajstić information content (AvgIpc) is 2.76. The Hall–Kier alpha value is -2.61. The molecule has 0 saturated carbocycles. The summed E-state index contributed by atoms with van der Waals surface area (Å²) in [4.78, 5) is 39.2. The molecule has 0 aliphatic carbocycles. The smallest absolute Gasteiger partial charge is 0.311 e. The van der Waals surface area contributed by atoms with Gasteiger partial charge in [-0.1, -0.05) is 25.5 Å². The molecule has 30 heavy (non-hydrogen) atoms. The van der Waals surface area contributed by atoms with E-state index in [0.717, 1.165) is 18.4 Å². The minimum Gasteiger partial charge on any atom is -0.497 e. The van der Waals surface area contributed by atoms with E-state index in [0.29, 0.717) is 31.9 Å². The minimum atomic E-state index is -0.528. The quantitative estimate of drug-likeness (QED) is 0.435. The topological polar surface area (TPSA) is 94.2 Å². The van der Waals surface area contributed by atoms with Crippen molar-refractivity contribution in [2.24, 2.45) is 5.92 Å². The lowest BCUT2D eigenvalue weighted by atomic mass is 9.84.